The van der Waals surface area contributed by atoms with Crippen LogP contribution in [0.1, 0.15) is 33.8 Å². The van der Waals surface area contributed by atoms with E-state index in [4.69, 9.17) is 21.7 Å². The zero-order valence-electron chi connectivity index (χ0n) is 19.7. The molecule has 0 bridgehead atoms. The van der Waals surface area contributed by atoms with Gasteiger partial charge < -0.3 is 24.3 Å². The molecular formula is C26H29N5O3S. The normalized spacial score (nSPS) is 20.6. The maximum absolute atomic E-state index is 11.9. The van der Waals surface area contributed by atoms with E-state index in [9.17, 15) is 4.79 Å². The van der Waals surface area contributed by atoms with Crippen LogP contribution in [0.25, 0.3) is 5.69 Å². The Labute approximate surface area is 210 Å². The fraction of sp³-hybridized carbons (Fsp3) is 0.346. The van der Waals surface area contributed by atoms with Gasteiger partial charge in [-0.25, -0.2) is 4.79 Å². The molecule has 2 aliphatic rings. The van der Waals surface area contributed by atoms with E-state index in [-0.39, 0.29) is 18.1 Å². The first-order valence-electron chi connectivity index (χ1n) is 11.8. The van der Waals surface area contributed by atoms with Crippen molar-refractivity contribution < 1.29 is 14.3 Å². The van der Waals surface area contributed by atoms with E-state index in [1.165, 1.54) is 7.11 Å². The second-order valence-electron chi connectivity index (χ2n) is 8.62. The average molecular weight is 492 g/mol. The molecule has 2 aromatic heterocycles. The Morgan fingerprint density at radius 1 is 1.11 bits per heavy atom. The van der Waals surface area contributed by atoms with Crippen LogP contribution in [0.3, 0.4) is 0 Å². The molecule has 3 aromatic rings. The first-order chi connectivity index (χ1) is 17.2. The minimum absolute atomic E-state index is 0.0475. The summed E-state index contributed by atoms with van der Waals surface area (Å²) in [5, 5.41) is 4.26. The highest BCUT2D eigenvalue weighted by Gasteiger charge is 2.41. The number of carbonyl (C=O) groups excluding carboxylic acids is 1. The van der Waals surface area contributed by atoms with Crippen LogP contribution in [0.5, 0.6) is 0 Å². The fourth-order valence-corrected chi connectivity index (χ4v) is 5.12. The molecule has 0 aliphatic carbocycles. The van der Waals surface area contributed by atoms with Gasteiger partial charge in [0.1, 0.15) is 0 Å². The highest BCUT2D eigenvalue weighted by molar-refractivity contribution is 7.80. The van der Waals surface area contributed by atoms with E-state index in [0.29, 0.717) is 5.56 Å². The summed E-state index contributed by atoms with van der Waals surface area (Å²) < 4.78 is 12.5. The van der Waals surface area contributed by atoms with Crippen LogP contribution in [0.15, 0.2) is 67.0 Å². The number of ether oxygens (including phenoxy) is 2. The molecule has 4 heterocycles. The first-order valence-corrected chi connectivity index (χ1v) is 12.2. The third-order valence-electron chi connectivity index (χ3n) is 6.61. The number of benzene rings is 1. The van der Waals surface area contributed by atoms with E-state index < -0.39 is 0 Å². The van der Waals surface area contributed by atoms with Crippen LogP contribution in [0.2, 0.25) is 0 Å². The minimum atomic E-state index is -0.348. The molecule has 2 atom stereocenters. The maximum atomic E-state index is 11.9. The molecule has 2 fully saturated rings. The molecule has 0 unspecified atom stereocenters. The van der Waals surface area contributed by atoms with Gasteiger partial charge in [-0.1, -0.05) is 6.07 Å². The van der Waals surface area contributed by atoms with Crippen LogP contribution < -0.4 is 5.32 Å². The summed E-state index contributed by atoms with van der Waals surface area (Å²) in [4.78, 5) is 21.2. The number of hydrogen-bond donors (Lipinski definition) is 1. The van der Waals surface area contributed by atoms with Gasteiger partial charge in [0.05, 0.1) is 43.7 Å². The quantitative estimate of drug-likeness (QED) is 0.400. The molecule has 0 radical (unpaired) electrons. The Hall–Kier alpha value is -3.27. The van der Waals surface area contributed by atoms with Gasteiger partial charge in [0.25, 0.3) is 0 Å². The number of aromatic nitrogens is 2. The predicted molar refractivity (Wildman–Crippen MR) is 137 cm³/mol. The van der Waals surface area contributed by atoms with Crippen molar-refractivity contribution >= 4 is 23.3 Å². The number of pyridine rings is 1. The number of morpholine rings is 1. The molecule has 35 heavy (non-hydrogen) atoms. The third kappa shape index (κ3) is 4.93. The van der Waals surface area contributed by atoms with Gasteiger partial charge in [-0.15, -0.1) is 0 Å². The summed E-state index contributed by atoms with van der Waals surface area (Å²) in [6, 6.07) is 17.5. The lowest BCUT2D eigenvalue weighted by Crippen LogP contribution is -2.42. The Kier molecular flexibility index (Phi) is 7.08. The SMILES string of the molecule is COC(=O)c1ccc(-n2cccc2[C@@H]2[C@H](c3ccccn3)NC(=S)N2CCN2CCOCC2)cc1. The van der Waals surface area contributed by atoms with Crippen LogP contribution in [-0.4, -0.2) is 76.9 Å². The molecule has 1 aromatic carbocycles. The number of carbonyl (C=O) groups is 1. The molecule has 0 saturated carbocycles. The van der Waals surface area contributed by atoms with Crippen molar-refractivity contribution in [3.8, 4) is 5.69 Å². The second-order valence-corrected chi connectivity index (χ2v) is 9.00. The van der Waals surface area contributed by atoms with Crippen LogP contribution in [0, 0.1) is 0 Å². The Morgan fingerprint density at radius 3 is 2.63 bits per heavy atom. The van der Waals surface area contributed by atoms with Crippen LogP contribution in [-0.2, 0) is 9.47 Å². The van der Waals surface area contributed by atoms with Gasteiger partial charge >= 0.3 is 5.97 Å². The van der Waals surface area contributed by atoms with E-state index in [1.54, 1.807) is 12.1 Å². The topological polar surface area (TPSA) is 71.9 Å². The summed E-state index contributed by atoms with van der Waals surface area (Å²) >= 11 is 5.84. The standard InChI is InChI=1S/C26H29N5O3S/c1-33-25(32)19-7-9-20(10-8-19)30-12-4-6-22(30)24-23(21-5-2-3-11-27-21)28-26(35)31(24)14-13-29-15-17-34-18-16-29/h2-12,23-24H,13-18H2,1H3,(H,28,35)/t23-,24+/m0/s1. The second kappa shape index (κ2) is 10.6. The number of hydrogen-bond acceptors (Lipinski definition) is 6. The van der Waals surface area contributed by atoms with E-state index in [2.05, 4.69) is 30.7 Å². The largest absolute Gasteiger partial charge is 0.465 e. The Morgan fingerprint density at radius 2 is 1.91 bits per heavy atom. The van der Waals surface area contributed by atoms with Crippen molar-refractivity contribution in [2.75, 3.05) is 46.5 Å². The van der Waals surface area contributed by atoms with Crippen molar-refractivity contribution in [3.63, 3.8) is 0 Å². The molecule has 8 nitrogen and oxygen atoms in total. The third-order valence-corrected chi connectivity index (χ3v) is 6.96. The Balaban J connectivity index is 1.48. The number of methoxy groups -OCH3 is 1. The summed E-state index contributed by atoms with van der Waals surface area (Å²) in [5.74, 6) is -0.348. The van der Waals surface area contributed by atoms with Crippen molar-refractivity contribution in [2.45, 2.75) is 12.1 Å². The lowest BCUT2D eigenvalue weighted by Gasteiger charge is -2.32. The molecule has 1 N–H and O–H groups in total. The number of nitrogens with zero attached hydrogens (tertiary/aromatic N) is 4. The summed E-state index contributed by atoms with van der Waals surface area (Å²) in [5.41, 5.74) is 3.53. The molecule has 182 valence electrons. The van der Waals surface area contributed by atoms with Crippen LogP contribution >= 0.6 is 12.2 Å². The van der Waals surface area contributed by atoms with E-state index >= 15 is 0 Å². The van der Waals surface area contributed by atoms with E-state index in [1.807, 2.05) is 48.8 Å². The maximum Gasteiger partial charge on any atom is 0.337 e. The van der Waals surface area contributed by atoms with Gasteiger partial charge in [0.2, 0.25) is 0 Å². The lowest BCUT2D eigenvalue weighted by molar-refractivity contribution is 0.0349. The first kappa shape index (κ1) is 23.5. The highest BCUT2D eigenvalue weighted by Crippen LogP contribution is 2.39. The van der Waals surface area contributed by atoms with Gasteiger partial charge in [-0.05, 0) is 60.7 Å². The molecule has 9 heteroatoms. The van der Waals surface area contributed by atoms with Gasteiger partial charge in [-0.3, -0.25) is 9.88 Å². The number of nitrogens with one attached hydrogen (secondary N) is 1. The van der Waals surface area contributed by atoms with Crippen molar-refractivity contribution in [2.24, 2.45) is 0 Å². The highest BCUT2D eigenvalue weighted by atomic mass is 32.1. The average Bonchev–Trinajstić information content (AvgIpc) is 3.52. The molecule has 0 amide bonds. The van der Waals surface area contributed by atoms with Crippen molar-refractivity contribution in [1.29, 1.82) is 0 Å². The van der Waals surface area contributed by atoms with Gasteiger partial charge in [0.15, 0.2) is 5.11 Å². The van der Waals surface area contributed by atoms with Crippen molar-refractivity contribution in [1.82, 2.24) is 24.7 Å². The number of esters is 1. The fourth-order valence-electron chi connectivity index (χ4n) is 4.79. The zero-order valence-corrected chi connectivity index (χ0v) is 20.5. The smallest absolute Gasteiger partial charge is 0.337 e. The Bertz CT molecular complexity index is 1160. The summed E-state index contributed by atoms with van der Waals surface area (Å²) in [6.07, 6.45) is 3.86. The number of thiocarbonyl (C=S) groups is 1. The zero-order chi connectivity index (χ0) is 24.2. The predicted octanol–water partition coefficient (Wildman–Crippen LogP) is 2.96. The van der Waals surface area contributed by atoms with E-state index in [0.717, 1.165) is 61.6 Å². The monoisotopic (exact) mass is 491 g/mol. The molecule has 0 spiro atoms. The van der Waals surface area contributed by atoms with Gasteiger partial charge in [0, 0.05) is 50.0 Å². The lowest BCUT2D eigenvalue weighted by atomic mass is 10.0. The summed E-state index contributed by atoms with van der Waals surface area (Å²) in [7, 11) is 1.39. The van der Waals surface area contributed by atoms with Crippen molar-refractivity contribution in [3.05, 3.63) is 83.9 Å². The molecule has 5 rings (SSSR count). The number of rotatable bonds is 7. The molecule has 2 aliphatic heterocycles. The minimum Gasteiger partial charge on any atom is -0.465 e. The van der Waals surface area contributed by atoms with Gasteiger partial charge in [-0.2, -0.15) is 0 Å². The summed E-state index contributed by atoms with van der Waals surface area (Å²) in [6.45, 7) is 5.12. The molecule has 2 saturated heterocycles. The molecular weight excluding hydrogens is 462 g/mol. The van der Waals surface area contributed by atoms with Crippen LogP contribution in [0.4, 0.5) is 0 Å².